The Balaban J connectivity index is 1.40. The van der Waals surface area contributed by atoms with Gasteiger partial charge < -0.3 is 9.80 Å². The second-order valence-electron chi connectivity index (χ2n) is 6.38. The number of piperazine rings is 1. The summed E-state index contributed by atoms with van der Waals surface area (Å²) >= 11 is 0. The molecule has 0 unspecified atom stereocenters. The Labute approximate surface area is 157 Å². The normalized spacial score (nSPS) is 14.4. The van der Waals surface area contributed by atoms with E-state index in [0.717, 1.165) is 36.7 Å². The van der Waals surface area contributed by atoms with E-state index in [2.05, 4.69) is 30.0 Å². The molecule has 1 amide bonds. The Morgan fingerprint density at radius 2 is 1.89 bits per heavy atom. The number of hydrogen-bond donors (Lipinski definition) is 1. The first-order chi connectivity index (χ1) is 13.2. The number of nitrogens with one attached hydrogen (secondary N) is 1. The number of nitrogens with zero attached hydrogens (tertiary/aromatic N) is 6. The number of aromatic nitrogens is 5. The molecule has 0 spiro atoms. The third-order valence-corrected chi connectivity index (χ3v) is 4.70. The molecule has 1 aliphatic rings. The van der Waals surface area contributed by atoms with E-state index in [-0.39, 0.29) is 5.91 Å². The lowest BCUT2D eigenvalue weighted by atomic mass is 10.1. The van der Waals surface area contributed by atoms with Crippen molar-refractivity contribution in [3.63, 3.8) is 0 Å². The van der Waals surface area contributed by atoms with Gasteiger partial charge in [-0.05, 0) is 12.1 Å². The van der Waals surface area contributed by atoms with Crippen LogP contribution in [0.25, 0.3) is 11.4 Å². The van der Waals surface area contributed by atoms with Crippen LogP contribution in [0.3, 0.4) is 0 Å². The SMILES string of the molecule is CCc1nc(-c2ccc(C(=O)N3CCN(c4cnccn4)CC3)cc2)n[nH]1. The lowest BCUT2D eigenvalue weighted by molar-refractivity contribution is 0.0746. The Kier molecular flexibility index (Phi) is 4.78. The summed E-state index contributed by atoms with van der Waals surface area (Å²) in [5.41, 5.74) is 1.58. The van der Waals surface area contributed by atoms with E-state index in [1.54, 1.807) is 18.6 Å². The van der Waals surface area contributed by atoms with E-state index < -0.39 is 0 Å². The van der Waals surface area contributed by atoms with Crippen LogP contribution >= 0.6 is 0 Å². The second kappa shape index (κ2) is 7.53. The summed E-state index contributed by atoms with van der Waals surface area (Å²) in [6.07, 6.45) is 5.91. The third-order valence-electron chi connectivity index (χ3n) is 4.70. The molecule has 3 aromatic rings. The van der Waals surface area contributed by atoms with Crippen molar-refractivity contribution in [2.24, 2.45) is 0 Å². The van der Waals surface area contributed by atoms with Crippen molar-refractivity contribution in [2.45, 2.75) is 13.3 Å². The molecule has 0 bridgehead atoms. The predicted molar refractivity (Wildman–Crippen MR) is 101 cm³/mol. The van der Waals surface area contributed by atoms with E-state index >= 15 is 0 Å². The maximum absolute atomic E-state index is 12.8. The molecule has 1 saturated heterocycles. The number of aromatic amines is 1. The first-order valence-electron chi connectivity index (χ1n) is 9.06. The molecule has 0 aliphatic carbocycles. The van der Waals surface area contributed by atoms with Gasteiger partial charge in [-0.3, -0.25) is 14.9 Å². The van der Waals surface area contributed by atoms with E-state index in [4.69, 9.17) is 0 Å². The molecule has 8 nitrogen and oxygen atoms in total. The van der Waals surface area contributed by atoms with Crippen LogP contribution in [0.15, 0.2) is 42.9 Å². The topological polar surface area (TPSA) is 90.9 Å². The summed E-state index contributed by atoms with van der Waals surface area (Å²) < 4.78 is 0. The highest BCUT2D eigenvalue weighted by atomic mass is 16.2. The van der Waals surface area contributed by atoms with Gasteiger partial charge in [-0.25, -0.2) is 9.97 Å². The Hall–Kier alpha value is -3.29. The molecule has 0 saturated carbocycles. The maximum Gasteiger partial charge on any atom is 0.253 e. The highest BCUT2D eigenvalue weighted by molar-refractivity contribution is 5.94. The monoisotopic (exact) mass is 363 g/mol. The number of rotatable bonds is 4. The standard InChI is InChI=1S/C19H21N7O/c1-2-16-22-18(24-23-16)14-3-5-15(6-4-14)19(27)26-11-9-25(10-12-26)17-13-20-7-8-21-17/h3-8,13H,2,9-12H2,1H3,(H,22,23,24). The molecule has 4 rings (SSSR count). The zero-order chi connectivity index (χ0) is 18.6. The van der Waals surface area contributed by atoms with Crippen molar-refractivity contribution < 1.29 is 4.79 Å². The number of benzene rings is 1. The molecule has 138 valence electrons. The number of carbonyl (C=O) groups is 1. The van der Waals surface area contributed by atoms with Crippen molar-refractivity contribution in [3.8, 4) is 11.4 Å². The van der Waals surface area contributed by atoms with E-state index in [0.29, 0.717) is 24.5 Å². The Bertz CT molecular complexity index is 899. The van der Waals surface area contributed by atoms with Gasteiger partial charge in [0.15, 0.2) is 5.82 Å². The van der Waals surface area contributed by atoms with Gasteiger partial charge in [0.1, 0.15) is 11.6 Å². The minimum Gasteiger partial charge on any atom is -0.352 e. The third kappa shape index (κ3) is 3.64. The summed E-state index contributed by atoms with van der Waals surface area (Å²) in [5, 5.41) is 7.12. The van der Waals surface area contributed by atoms with Gasteiger partial charge >= 0.3 is 0 Å². The number of anilines is 1. The number of carbonyl (C=O) groups excluding carboxylic acids is 1. The van der Waals surface area contributed by atoms with Crippen LogP contribution < -0.4 is 4.90 Å². The van der Waals surface area contributed by atoms with Gasteiger partial charge in [0, 0.05) is 56.1 Å². The molecule has 8 heteroatoms. The molecule has 27 heavy (non-hydrogen) atoms. The first kappa shape index (κ1) is 17.1. The van der Waals surface area contributed by atoms with Crippen molar-refractivity contribution in [1.82, 2.24) is 30.0 Å². The minimum atomic E-state index is 0.0459. The molecule has 0 radical (unpaired) electrons. The van der Waals surface area contributed by atoms with E-state index in [1.807, 2.05) is 36.1 Å². The van der Waals surface area contributed by atoms with Crippen molar-refractivity contribution in [1.29, 1.82) is 0 Å². The molecule has 2 aromatic heterocycles. The molecule has 1 N–H and O–H groups in total. The highest BCUT2D eigenvalue weighted by Crippen LogP contribution is 2.18. The van der Waals surface area contributed by atoms with Crippen LogP contribution in [0.2, 0.25) is 0 Å². The minimum absolute atomic E-state index is 0.0459. The van der Waals surface area contributed by atoms with Crippen LogP contribution in [0.4, 0.5) is 5.82 Å². The molecule has 0 atom stereocenters. The van der Waals surface area contributed by atoms with E-state index in [1.165, 1.54) is 0 Å². The lowest BCUT2D eigenvalue weighted by Gasteiger charge is -2.35. The van der Waals surface area contributed by atoms with Gasteiger partial charge in [-0.15, -0.1) is 0 Å². The molecule has 1 fully saturated rings. The van der Waals surface area contributed by atoms with Gasteiger partial charge in [0.25, 0.3) is 5.91 Å². The molecular weight excluding hydrogens is 342 g/mol. The smallest absolute Gasteiger partial charge is 0.253 e. The van der Waals surface area contributed by atoms with Crippen LogP contribution in [-0.4, -0.2) is 62.1 Å². The van der Waals surface area contributed by atoms with Gasteiger partial charge in [0.2, 0.25) is 0 Å². The summed E-state index contributed by atoms with van der Waals surface area (Å²) in [4.78, 5) is 29.7. The number of amides is 1. The lowest BCUT2D eigenvalue weighted by Crippen LogP contribution is -2.49. The van der Waals surface area contributed by atoms with Gasteiger partial charge in [-0.1, -0.05) is 19.1 Å². The average molecular weight is 363 g/mol. The van der Waals surface area contributed by atoms with E-state index in [9.17, 15) is 4.79 Å². The van der Waals surface area contributed by atoms with Crippen LogP contribution in [0.5, 0.6) is 0 Å². The summed E-state index contributed by atoms with van der Waals surface area (Å²) in [5.74, 6) is 2.41. The Morgan fingerprint density at radius 1 is 1.11 bits per heavy atom. The van der Waals surface area contributed by atoms with Crippen molar-refractivity contribution in [2.75, 3.05) is 31.1 Å². The van der Waals surface area contributed by atoms with Gasteiger partial charge in [0.05, 0.1) is 6.20 Å². The summed E-state index contributed by atoms with van der Waals surface area (Å²) in [6.45, 7) is 4.85. The predicted octanol–water partition coefficient (Wildman–Crippen LogP) is 1.79. The highest BCUT2D eigenvalue weighted by Gasteiger charge is 2.23. The number of aryl methyl sites for hydroxylation is 1. The quantitative estimate of drug-likeness (QED) is 0.760. The number of hydrogen-bond acceptors (Lipinski definition) is 6. The number of H-pyrrole nitrogens is 1. The Morgan fingerprint density at radius 3 is 2.52 bits per heavy atom. The zero-order valence-electron chi connectivity index (χ0n) is 15.2. The van der Waals surface area contributed by atoms with Crippen molar-refractivity contribution in [3.05, 3.63) is 54.2 Å². The second-order valence-corrected chi connectivity index (χ2v) is 6.38. The average Bonchev–Trinajstić information content (AvgIpc) is 3.23. The molecular formula is C19H21N7O. The fraction of sp³-hybridized carbons (Fsp3) is 0.316. The first-order valence-corrected chi connectivity index (χ1v) is 9.06. The molecule has 1 aliphatic heterocycles. The molecule has 1 aromatic carbocycles. The summed E-state index contributed by atoms with van der Waals surface area (Å²) in [6, 6.07) is 7.47. The largest absolute Gasteiger partial charge is 0.352 e. The van der Waals surface area contributed by atoms with Crippen LogP contribution in [-0.2, 0) is 6.42 Å². The fourth-order valence-electron chi connectivity index (χ4n) is 3.12. The van der Waals surface area contributed by atoms with Crippen LogP contribution in [0, 0.1) is 0 Å². The fourth-order valence-corrected chi connectivity index (χ4v) is 3.12. The van der Waals surface area contributed by atoms with Crippen LogP contribution in [0.1, 0.15) is 23.1 Å². The van der Waals surface area contributed by atoms with Crippen molar-refractivity contribution >= 4 is 11.7 Å². The summed E-state index contributed by atoms with van der Waals surface area (Å²) in [7, 11) is 0. The molecule has 3 heterocycles. The van der Waals surface area contributed by atoms with Gasteiger partial charge in [-0.2, -0.15) is 5.10 Å². The maximum atomic E-state index is 12.8. The zero-order valence-corrected chi connectivity index (χ0v) is 15.2.